The second-order valence-electron chi connectivity index (χ2n) is 3.64. The smallest absolute Gasteiger partial charge is 0.337 e. The Bertz CT molecular complexity index is 347. The second kappa shape index (κ2) is 5.39. The van der Waals surface area contributed by atoms with Crippen LogP contribution >= 0.6 is 0 Å². The van der Waals surface area contributed by atoms with Gasteiger partial charge in [0.25, 0.3) is 0 Å². The first-order valence-corrected chi connectivity index (χ1v) is 5.27. The number of aryl methyl sites for hydroxylation is 1. The molecule has 0 aliphatic rings. The lowest BCUT2D eigenvalue weighted by Gasteiger charge is -2.07. The highest BCUT2D eigenvalue weighted by Gasteiger charge is 2.10. The molecule has 3 heteroatoms. The first-order chi connectivity index (χ1) is 7.16. The van der Waals surface area contributed by atoms with Crippen molar-refractivity contribution in [1.29, 1.82) is 0 Å². The monoisotopic (exact) mass is 207 g/mol. The summed E-state index contributed by atoms with van der Waals surface area (Å²) in [5.41, 5.74) is 7.36. The summed E-state index contributed by atoms with van der Waals surface area (Å²) >= 11 is 0. The van der Waals surface area contributed by atoms with Gasteiger partial charge < -0.3 is 10.8 Å². The molecular formula is C12H17NO2. The van der Waals surface area contributed by atoms with E-state index in [4.69, 9.17) is 10.8 Å². The number of nitrogen functional groups attached to an aromatic ring is 1. The van der Waals surface area contributed by atoms with Crippen LogP contribution in [-0.4, -0.2) is 11.1 Å². The highest BCUT2D eigenvalue weighted by molar-refractivity contribution is 5.94. The van der Waals surface area contributed by atoms with Gasteiger partial charge in [0.05, 0.1) is 5.56 Å². The molecule has 0 spiro atoms. The molecule has 0 saturated heterocycles. The Hall–Kier alpha value is -1.51. The number of carbonyl (C=O) groups is 1. The van der Waals surface area contributed by atoms with Crippen LogP contribution in [0.15, 0.2) is 18.2 Å². The molecule has 3 N–H and O–H groups in total. The normalized spacial score (nSPS) is 10.2. The van der Waals surface area contributed by atoms with E-state index in [1.807, 2.05) is 6.07 Å². The molecule has 0 saturated carbocycles. The average Bonchev–Trinajstić information content (AvgIpc) is 2.20. The van der Waals surface area contributed by atoms with E-state index in [1.54, 1.807) is 12.1 Å². The van der Waals surface area contributed by atoms with Gasteiger partial charge in [0, 0.05) is 5.69 Å². The predicted molar refractivity (Wildman–Crippen MR) is 61.0 cm³/mol. The molecular weight excluding hydrogens is 190 g/mol. The Balaban J connectivity index is 2.80. The van der Waals surface area contributed by atoms with Gasteiger partial charge in [-0.3, -0.25) is 0 Å². The third-order valence-electron chi connectivity index (χ3n) is 2.48. The molecule has 0 amide bonds. The van der Waals surface area contributed by atoms with E-state index >= 15 is 0 Å². The van der Waals surface area contributed by atoms with Crippen molar-refractivity contribution < 1.29 is 9.90 Å². The summed E-state index contributed by atoms with van der Waals surface area (Å²) in [5.74, 6) is -0.954. The molecule has 0 fully saturated rings. The van der Waals surface area contributed by atoms with Crippen LogP contribution in [0.5, 0.6) is 0 Å². The van der Waals surface area contributed by atoms with Crippen molar-refractivity contribution in [2.75, 3.05) is 5.73 Å². The zero-order valence-corrected chi connectivity index (χ0v) is 8.99. The van der Waals surface area contributed by atoms with Crippen LogP contribution < -0.4 is 5.73 Å². The van der Waals surface area contributed by atoms with Crippen molar-refractivity contribution >= 4 is 11.7 Å². The first kappa shape index (κ1) is 11.6. The Labute approximate surface area is 89.9 Å². The van der Waals surface area contributed by atoms with Crippen molar-refractivity contribution in [3.63, 3.8) is 0 Å². The lowest BCUT2D eigenvalue weighted by atomic mass is 10.0. The second-order valence-corrected chi connectivity index (χ2v) is 3.64. The van der Waals surface area contributed by atoms with E-state index in [-0.39, 0.29) is 5.56 Å². The summed E-state index contributed by atoms with van der Waals surface area (Å²) in [6.07, 6.45) is 4.22. The van der Waals surface area contributed by atoms with Crippen LogP contribution in [0.3, 0.4) is 0 Å². The molecule has 3 nitrogen and oxygen atoms in total. The number of nitrogens with two attached hydrogens (primary N) is 1. The number of unbranched alkanes of at least 4 members (excludes halogenated alkanes) is 2. The largest absolute Gasteiger partial charge is 0.478 e. The third kappa shape index (κ3) is 2.98. The molecule has 0 heterocycles. The van der Waals surface area contributed by atoms with Gasteiger partial charge in [-0.1, -0.05) is 31.9 Å². The molecule has 0 aliphatic heterocycles. The molecule has 0 bridgehead atoms. The molecule has 15 heavy (non-hydrogen) atoms. The summed E-state index contributed by atoms with van der Waals surface area (Å²) in [4.78, 5) is 10.8. The molecule has 1 aromatic carbocycles. The Morgan fingerprint density at radius 2 is 2.13 bits per heavy atom. The van der Waals surface area contributed by atoms with Crippen molar-refractivity contribution in [1.82, 2.24) is 0 Å². The fourth-order valence-electron chi connectivity index (χ4n) is 1.58. The Morgan fingerprint density at radius 1 is 1.40 bits per heavy atom. The van der Waals surface area contributed by atoms with E-state index in [0.29, 0.717) is 5.69 Å². The van der Waals surface area contributed by atoms with E-state index in [9.17, 15) is 4.79 Å². The zero-order valence-electron chi connectivity index (χ0n) is 8.99. The van der Waals surface area contributed by atoms with Gasteiger partial charge in [-0.2, -0.15) is 0 Å². The number of hydrogen-bond acceptors (Lipinski definition) is 2. The zero-order chi connectivity index (χ0) is 11.3. The maximum atomic E-state index is 10.8. The number of carboxylic acid groups (broad SMARTS) is 1. The average molecular weight is 207 g/mol. The minimum Gasteiger partial charge on any atom is -0.478 e. The molecule has 0 radical (unpaired) electrons. The molecule has 1 aromatic rings. The molecule has 0 aliphatic carbocycles. The number of benzene rings is 1. The predicted octanol–water partition coefficient (Wildman–Crippen LogP) is 2.70. The number of aromatic carboxylic acids is 1. The minimum absolute atomic E-state index is 0.212. The highest BCUT2D eigenvalue weighted by Crippen LogP contribution is 2.19. The van der Waals surface area contributed by atoms with E-state index in [2.05, 4.69) is 6.92 Å². The van der Waals surface area contributed by atoms with E-state index in [1.165, 1.54) is 0 Å². The number of hydrogen-bond donors (Lipinski definition) is 2. The van der Waals surface area contributed by atoms with Crippen molar-refractivity contribution in [2.45, 2.75) is 32.6 Å². The van der Waals surface area contributed by atoms with Gasteiger partial charge in [0.2, 0.25) is 0 Å². The highest BCUT2D eigenvalue weighted by atomic mass is 16.4. The number of rotatable bonds is 5. The summed E-state index contributed by atoms with van der Waals surface area (Å²) in [5, 5.41) is 8.88. The number of carboxylic acids is 1. The maximum Gasteiger partial charge on any atom is 0.337 e. The number of anilines is 1. The lowest BCUT2D eigenvalue weighted by molar-refractivity contribution is 0.0698. The Kier molecular flexibility index (Phi) is 4.16. The summed E-state index contributed by atoms with van der Waals surface area (Å²) in [7, 11) is 0. The fraction of sp³-hybridized carbons (Fsp3) is 0.417. The Morgan fingerprint density at radius 3 is 2.73 bits per heavy atom. The van der Waals surface area contributed by atoms with E-state index < -0.39 is 5.97 Å². The maximum absolute atomic E-state index is 10.8. The van der Waals surface area contributed by atoms with Gasteiger partial charge in [-0.15, -0.1) is 0 Å². The molecule has 82 valence electrons. The SMILES string of the molecule is CCCCCc1cccc(C(=O)O)c1N. The third-order valence-corrected chi connectivity index (χ3v) is 2.48. The number of para-hydroxylation sites is 1. The van der Waals surface area contributed by atoms with Gasteiger partial charge >= 0.3 is 5.97 Å². The minimum atomic E-state index is -0.954. The van der Waals surface area contributed by atoms with Crippen LogP contribution in [0.2, 0.25) is 0 Å². The molecule has 0 atom stereocenters. The van der Waals surface area contributed by atoms with Crippen molar-refractivity contribution in [3.8, 4) is 0 Å². The summed E-state index contributed by atoms with van der Waals surface area (Å²) in [6, 6.07) is 5.19. The lowest BCUT2D eigenvalue weighted by Crippen LogP contribution is -2.05. The summed E-state index contributed by atoms with van der Waals surface area (Å²) < 4.78 is 0. The van der Waals surface area contributed by atoms with Crippen LogP contribution in [0.4, 0.5) is 5.69 Å². The van der Waals surface area contributed by atoms with Crippen molar-refractivity contribution in [3.05, 3.63) is 29.3 Å². The molecule has 0 aromatic heterocycles. The van der Waals surface area contributed by atoms with Crippen LogP contribution in [0.1, 0.15) is 42.1 Å². The van der Waals surface area contributed by atoms with Gasteiger partial charge in [-0.25, -0.2) is 4.79 Å². The molecule has 1 rings (SSSR count). The van der Waals surface area contributed by atoms with Gasteiger partial charge in [-0.05, 0) is 24.5 Å². The van der Waals surface area contributed by atoms with Crippen LogP contribution in [0, 0.1) is 0 Å². The van der Waals surface area contributed by atoms with Gasteiger partial charge in [0.15, 0.2) is 0 Å². The molecule has 0 unspecified atom stereocenters. The topological polar surface area (TPSA) is 63.3 Å². The van der Waals surface area contributed by atoms with Crippen molar-refractivity contribution in [2.24, 2.45) is 0 Å². The van der Waals surface area contributed by atoms with Gasteiger partial charge in [0.1, 0.15) is 0 Å². The first-order valence-electron chi connectivity index (χ1n) is 5.27. The fourth-order valence-corrected chi connectivity index (χ4v) is 1.58. The summed E-state index contributed by atoms with van der Waals surface area (Å²) in [6.45, 7) is 2.14. The quantitative estimate of drug-likeness (QED) is 0.576. The van der Waals surface area contributed by atoms with E-state index in [0.717, 1.165) is 31.2 Å². The standard InChI is InChI=1S/C12H17NO2/c1-2-3-4-6-9-7-5-8-10(11(9)13)12(14)15/h5,7-8H,2-4,6,13H2,1H3,(H,14,15). The van der Waals surface area contributed by atoms with Crippen LogP contribution in [-0.2, 0) is 6.42 Å². The van der Waals surface area contributed by atoms with Crippen LogP contribution in [0.25, 0.3) is 0 Å².